The summed E-state index contributed by atoms with van der Waals surface area (Å²) in [6.07, 6.45) is 0.878. The SMILES string of the molecule is CC(O)(CO)CNC(=O)c1cc([N+](=O)[O-])c[nH]c1=O. The van der Waals surface area contributed by atoms with Crippen molar-refractivity contribution < 1.29 is 19.9 Å². The Morgan fingerprint density at radius 1 is 1.63 bits per heavy atom. The highest BCUT2D eigenvalue weighted by Crippen LogP contribution is 2.08. The molecule has 0 saturated heterocycles. The van der Waals surface area contributed by atoms with E-state index >= 15 is 0 Å². The van der Waals surface area contributed by atoms with Crippen LogP contribution in [-0.4, -0.2) is 44.8 Å². The number of rotatable bonds is 5. The molecule has 1 heterocycles. The van der Waals surface area contributed by atoms with E-state index in [0.717, 1.165) is 12.3 Å². The molecule has 9 heteroatoms. The number of nitro groups is 1. The van der Waals surface area contributed by atoms with Gasteiger partial charge in [-0.25, -0.2) is 0 Å². The fourth-order valence-corrected chi connectivity index (χ4v) is 1.17. The fourth-order valence-electron chi connectivity index (χ4n) is 1.17. The largest absolute Gasteiger partial charge is 0.393 e. The van der Waals surface area contributed by atoms with Gasteiger partial charge in [0, 0.05) is 12.6 Å². The van der Waals surface area contributed by atoms with Gasteiger partial charge in [-0.15, -0.1) is 0 Å². The second-order valence-corrected chi connectivity index (χ2v) is 4.20. The summed E-state index contributed by atoms with van der Waals surface area (Å²) in [5.74, 6) is -0.876. The van der Waals surface area contributed by atoms with E-state index in [4.69, 9.17) is 5.11 Å². The van der Waals surface area contributed by atoms with Crippen LogP contribution >= 0.6 is 0 Å². The van der Waals surface area contributed by atoms with Crippen molar-refractivity contribution in [3.63, 3.8) is 0 Å². The van der Waals surface area contributed by atoms with Crippen LogP contribution in [0, 0.1) is 10.1 Å². The number of hydrogen-bond acceptors (Lipinski definition) is 6. The van der Waals surface area contributed by atoms with Crippen molar-refractivity contribution in [3.05, 3.63) is 38.3 Å². The summed E-state index contributed by atoms with van der Waals surface area (Å²) < 4.78 is 0. The van der Waals surface area contributed by atoms with Gasteiger partial charge in [0.1, 0.15) is 11.2 Å². The van der Waals surface area contributed by atoms with Gasteiger partial charge in [-0.05, 0) is 6.92 Å². The van der Waals surface area contributed by atoms with Gasteiger partial charge in [-0.3, -0.25) is 19.7 Å². The lowest BCUT2D eigenvalue weighted by atomic mass is 10.1. The monoisotopic (exact) mass is 271 g/mol. The van der Waals surface area contributed by atoms with Crippen LogP contribution in [0.4, 0.5) is 5.69 Å². The number of pyridine rings is 1. The summed E-state index contributed by atoms with van der Waals surface area (Å²) in [5, 5.41) is 31.0. The van der Waals surface area contributed by atoms with Crippen LogP contribution in [0.15, 0.2) is 17.1 Å². The summed E-state index contributed by atoms with van der Waals surface area (Å²) in [7, 11) is 0. The average Bonchev–Trinajstić information content (AvgIpc) is 2.36. The van der Waals surface area contributed by atoms with Crippen molar-refractivity contribution in [2.24, 2.45) is 0 Å². The first kappa shape index (κ1) is 14.8. The third-order valence-electron chi connectivity index (χ3n) is 2.31. The second kappa shape index (κ2) is 5.59. The van der Waals surface area contributed by atoms with E-state index in [1.807, 2.05) is 0 Å². The number of carbonyl (C=O) groups excluding carboxylic acids is 1. The number of aromatic nitrogens is 1. The molecule has 0 fully saturated rings. The zero-order valence-corrected chi connectivity index (χ0v) is 10.0. The molecule has 1 aromatic rings. The Kier molecular flexibility index (Phi) is 4.35. The first-order valence-electron chi connectivity index (χ1n) is 5.25. The number of aliphatic hydroxyl groups excluding tert-OH is 1. The zero-order chi connectivity index (χ0) is 14.6. The summed E-state index contributed by atoms with van der Waals surface area (Å²) in [5.41, 5.74) is -3.20. The Morgan fingerprint density at radius 3 is 2.79 bits per heavy atom. The highest BCUT2D eigenvalue weighted by atomic mass is 16.6. The van der Waals surface area contributed by atoms with E-state index in [0.29, 0.717) is 0 Å². The third kappa shape index (κ3) is 3.86. The minimum Gasteiger partial charge on any atom is -0.393 e. The molecule has 1 rings (SSSR count). The molecule has 0 bridgehead atoms. The Balaban J connectivity index is 2.91. The molecule has 0 aliphatic heterocycles. The van der Waals surface area contributed by atoms with Gasteiger partial charge in [-0.2, -0.15) is 0 Å². The first-order chi connectivity index (χ1) is 8.76. The van der Waals surface area contributed by atoms with Crippen LogP contribution in [0.5, 0.6) is 0 Å². The molecule has 0 aromatic carbocycles. The number of aliphatic hydroxyl groups is 2. The fraction of sp³-hybridized carbons (Fsp3) is 0.400. The molecule has 19 heavy (non-hydrogen) atoms. The highest BCUT2D eigenvalue weighted by molar-refractivity contribution is 5.94. The van der Waals surface area contributed by atoms with Crippen molar-refractivity contribution >= 4 is 11.6 Å². The maximum Gasteiger partial charge on any atom is 0.286 e. The van der Waals surface area contributed by atoms with Crippen LogP contribution in [0.1, 0.15) is 17.3 Å². The molecule has 0 spiro atoms. The molecule has 1 unspecified atom stereocenters. The Bertz CT molecular complexity index is 550. The van der Waals surface area contributed by atoms with Crippen LogP contribution in [0.3, 0.4) is 0 Å². The van der Waals surface area contributed by atoms with Gasteiger partial charge in [0.15, 0.2) is 0 Å². The minimum atomic E-state index is -1.54. The standard InChI is InChI=1S/C10H13N3O6/c1-10(17,5-14)4-12-9(16)7-2-6(13(18)19)3-11-8(7)15/h2-3,14,17H,4-5H2,1H3,(H,11,15)(H,12,16). The maximum absolute atomic E-state index is 11.7. The van der Waals surface area contributed by atoms with Gasteiger partial charge < -0.3 is 20.5 Å². The Morgan fingerprint density at radius 2 is 2.26 bits per heavy atom. The van der Waals surface area contributed by atoms with Crippen molar-refractivity contribution in [3.8, 4) is 0 Å². The summed E-state index contributed by atoms with van der Waals surface area (Å²) in [4.78, 5) is 34.9. The van der Waals surface area contributed by atoms with E-state index in [2.05, 4.69) is 10.3 Å². The lowest BCUT2D eigenvalue weighted by Gasteiger charge is -2.20. The number of amides is 1. The van der Waals surface area contributed by atoms with Gasteiger partial charge in [0.2, 0.25) is 0 Å². The molecular formula is C10H13N3O6. The number of carbonyl (C=O) groups is 1. The lowest BCUT2D eigenvalue weighted by Crippen LogP contribution is -2.44. The molecule has 1 atom stereocenters. The van der Waals surface area contributed by atoms with Crippen molar-refractivity contribution in [2.45, 2.75) is 12.5 Å². The van der Waals surface area contributed by atoms with E-state index in [1.165, 1.54) is 6.92 Å². The molecule has 1 aromatic heterocycles. The van der Waals surface area contributed by atoms with Crippen LogP contribution in [-0.2, 0) is 0 Å². The first-order valence-corrected chi connectivity index (χ1v) is 5.25. The quantitative estimate of drug-likeness (QED) is 0.389. The Labute approximate surface area is 107 Å². The number of aromatic amines is 1. The topological polar surface area (TPSA) is 146 Å². The smallest absolute Gasteiger partial charge is 0.286 e. The van der Waals surface area contributed by atoms with Crippen molar-refractivity contribution in [1.29, 1.82) is 0 Å². The van der Waals surface area contributed by atoms with E-state index in [9.17, 15) is 24.8 Å². The zero-order valence-electron chi connectivity index (χ0n) is 10.0. The molecule has 1 amide bonds. The van der Waals surface area contributed by atoms with Gasteiger partial charge >= 0.3 is 0 Å². The number of nitrogens with one attached hydrogen (secondary N) is 2. The van der Waals surface area contributed by atoms with E-state index in [1.54, 1.807) is 0 Å². The van der Waals surface area contributed by atoms with Gasteiger partial charge in [-0.1, -0.05) is 0 Å². The second-order valence-electron chi connectivity index (χ2n) is 4.20. The highest BCUT2D eigenvalue weighted by Gasteiger charge is 2.22. The summed E-state index contributed by atoms with van der Waals surface area (Å²) >= 11 is 0. The van der Waals surface area contributed by atoms with E-state index in [-0.39, 0.29) is 6.54 Å². The summed E-state index contributed by atoms with van der Waals surface area (Å²) in [6, 6.07) is 0.835. The molecule has 0 aliphatic carbocycles. The molecule has 0 aliphatic rings. The van der Waals surface area contributed by atoms with Gasteiger partial charge in [0.05, 0.1) is 17.7 Å². The maximum atomic E-state index is 11.7. The van der Waals surface area contributed by atoms with Crippen molar-refractivity contribution in [1.82, 2.24) is 10.3 Å². The molecule has 104 valence electrons. The van der Waals surface area contributed by atoms with Crippen LogP contribution < -0.4 is 10.9 Å². The number of H-pyrrole nitrogens is 1. The Hall–Kier alpha value is -2.26. The molecule has 9 nitrogen and oxygen atoms in total. The molecule has 4 N–H and O–H groups in total. The number of hydrogen-bond donors (Lipinski definition) is 4. The summed E-state index contributed by atoms with van der Waals surface area (Å²) in [6.45, 7) is 0.397. The lowest BCUT2D eigenvalue weighted by molar-refractivity contribution is -0.385. The van der Waals surface area contributed by atoms with Crippen LogP contribution in [0.2, 0.25) is 0 Å². The molecule has 0 saturated carbocycles. The van der Waals surface area contributed by atoms with E-state index < -0.39 is 39.8 Å². The normalized spacial score (nSPS) is 13.6. The average molecular weight is 271 g/mol. The van der Waals surface area contributed by atoms with Crippen molar-refractivity contribution in [2.75, 3.05) is 13.2 Å². The number of nitrogens with zero attached hydrogens (tertiary/aromatic N) is 1. The molecule has 0 radical (unpaired) electrons. The van der Waals surface area contributed by atoms with Gasteiger partial charge in [0.25, 0.3) is 17.2 Å². The molecular weight excluding hydrogens is 258 g/mol. The van der Waals surface area contributed by atoms with Crippen LogP contribution in [0.25, 0.3) is 0 Å². The predicted molar refractivity (Wildman–Crippen MR) is 63.8 cm³/mol. The third-order valence-corrected chi connectivity index (χ3v) is 2.31. The minimum absolute atomic E-state index is 0.301. The predicted octanol–water partition coefficient (Wildman–Crippen LogP) is -1.24.